The molecule has 0 spiro atoms. The molecule has 3 aromatic rings. The van der Waals surface area contributed by atoms with Gasteiger partial charge in [-0.25, -0.2) is 13.1 Å². The van der Waals surface area contributed by atoms with E-state index in [-0.39, 0.29) is 9.77 Å². The van der Waals surface area contributed by atoms with Crippen molar-refractivity contribution in [2.45, 2.75) is 37.8 Å². The molecule has 0 radical (unpaired) electrons. The summed E-state index contributed by atoms with van der Waals surface area (Å²) in [6.45, 7) is 4.33. The molecule has 0 saturated heterocycles. The summed E-state index contributed by atoms with van der Waals surface area (Å²) in [7, 11) is -0.697. The molecule has 0 aliphatic carbocycles. The van der Waals surface area contributed by atoms with Crippen molar-refractivity contribution in [2.24, 2.45) is 0 Å². The molecule has 1 aromatic heterocycles. The van der Waals surface area contributed by atoms with Crippen molar-refractivity contribution >= 4 is 31.6 Å². The first-order chi connectivity index (χ1) is 13.8. The van der Waals surface area contributed by atoms with Crippen LogP contribution in [0.25, 0.3) is 10.2 Å². The zero-order chi connectivity index (χ0) is 21.2. The molecule has 3 rings (SSSR count). The van der Waals surface area contributed by atoms with Gasteiger partial charge in [0, 0.05) is 12.6 Å². The van der Waals surface area contributed by atoms with Gasteiger partial charge in [-0.05, 0) is 49.2 Å². The average molecular weight is 437 g/mol. The molecule has 0 unspecified atom stereocenters. The van der Waals surface area contributed by atoms with Crippen LogP contribution in [0.4, 0.5) is 0 Å². The highest BCUT2D eigenvalue weighted by Gasteiger charge is 2.22. The van der Waals surface area contributed by atoms with Crippen LogP contribution in [0.3, 0.4) is 0 Å². The summed E-state index contributed by atoms with van der Waals surface area (Å²) in [4.78, 5) is 12.1. The smallest absolute Gasteiger partial charge is 0.308 e. The van der Waals surface area contributed by atoms with Crippen LogP contribution in [0.15, 0.2) is 46.1 Å². The molecule has 7 nitrogen and oxygen atoms in total. The number of hydrogen-bond donors (Lipinski definition) is 1. The molecular weight excluding hydrogens is 412 g/mol. The van der Waals surface area contributed by atoms with E-state index in [2.05, 4.69) is 4.72 Å². The van der Waals surface area contributed by atoms with Crippen LogP contribution in [0.5, 0.6) is 11.5 Å². The number of hydrogen-bond acceptors (Lipinski definition) is 6. The van der Waals surface area contributed by atoms with Crippen molar-refractivity contribution in [1.82, 2.24) is 9.29 Å². The Kier molecular flexibility index (Phi) is 6.30. The Morgan fingerprint density at radius 3 is 2.41 bits per heavy atom. The summed E-state index contributed by atoms with van der Waals surface area (Å²) in [5, 5.41) is 0. The summed E-state index contributed by atoms with van der Waals surface area (Å²) < 4.78 is 41.6. The Balaban J connectivity index is 1.95. The number of nitrogens with one attached hydrogen (secondary N) is 1. The highest BCUT2D eigenvalue weighted by atomic mass is 32.2. The number of methoxy groups -OCH3 is 2. The summed E-state index contributed by atoms with van der Waals surface area (Å²) in [5.74, 6) is 1.12. The molecule has 1 atom stereocenters. The zero-order valence-corrected chi connectivity index (χ0v) is 18.4. The van der Waals surface area contributed by atoms with E-state index in [1.54, 1.807) is 35.9 Å². The Morgan fingerprint density at radius 1 is 1.07 bits per heavy atom. The molecule has 156 valence electrons. The number of benzene rings is 2. The fourth-order valence-electron chi connectivity index (χ4n) is 3.23. The third-order valence-electron chi connectivity index (χ3n) is 4.78. The second-order valence-corrected chi connectivity index (χ2v) is 9.15. The Hall–Kier alpha value is -2.36. The molecule has 9 heteroatoms. The minimum absolute atomic E-state index is 0.0956. The van der Waals surface area contributed by atoms with Gasteiger partial charge in [-0.3, -0.25) is 9.36 Å². The number of fused-ring (bicyclic) bond motifs is 1. The van der Waals surface area contributed by atoms with Crippen molar-refractivity contribution in [3.63, 3.8) is 0 Å². The average Bonchev–Trinajstić information content (AvgIpc) is 3.05. The van der Waals surface area contributed by atoms with Gasteiger partial charge in [0.25, 0.3) is 0 Å². The minimum atomic E-state index is -3.78. The molecule has 29 heavy (non-hydrogen) atoms. The zero-order valence-electron chi connectivity index (χ0n) is 16.8. The molecular formula is C20H24N2O5S2. The number of rotatable bonds is 8. The molecule has 0 aliphatic rings. The van der Waals surface area contributed by atoms with E-state index in [4.69, 9.17) is 9.47 Å². The monoisotopic (exact) mass is 436 g/mol. The maximum atomic E-state index is 13.0. The molecule has 0 amide bonds. The van der Waals surface area contributed by atoms with Gasteiger partial charge >= 0.3 is 4.87 Å². The number of thiazole rings is 1. The summed E-state index contributed by atoms with van der Waals surface area (Å²) in [6, 6.07) is 9.67. The first kappa shape index (κ1) is 21.4. The van der Waals surface area contributed by atoms with Gasteiger partial charge in [-0.15, -0.1) is 0 Å². The molecule has 0 saturated carbocycles. The third kappa shape index (κ3) is 4.17. The lowest BCUT2D eigenvalue weighted by Gasteiger charge is -2.19. The molecule has 1 heterocycles. The molecule has 0 fully saturated rings. The predicted octanol–water partition coefficient (Wildman–Crippen LogP) is 3.53. The van der Waals surface area contributed by atoms with E-state index in [1.165, 1.54) is 13.2 Å². The van der Waals surface area contributed by atoms with Gasteiger partial charge in [0.1, 0.15) is 0 Å². The molecule has 2 aromatic carbocycles. The summed E-state index contributed by atoms with van der Waals surface area (Å²) >= 11 is 1.05. The van der Waals surface area contributed by atoms with Crippen LogP contribution in [-0.2, 0) is 16.6 Å². The van der Waals surface area contributed by atoms with E-state index in [0.29, 0.717) is 29.2 Å². The fourth-order valence-corrected chi connectivity index (χ4v) is 5.63. The third-order valence-corrected chi connectivity index (χ3v) is 7.19. The van der Waals surface area contributed by atoms with Crippen LogP contribution in [0, 0.1) is 0 Å². The standard InChI is InChI=1S/C20H24N2O5S2/c1-5-15(13-7-10-17(26-3)18(11-13)27-4)21-29(24,25)14-8-9-16-19(12-14)28-20(23)22(16)6-2/h7-12,15,21H,5-6H2,1-4H3/t15-/m0/s1. The topological polar surface area (TPSA) is 86.6 Å². The van der Waals surface area contributed by atoms with E-state index in [9.17, 15) is 13.2 Å². The maximum Gasteiger partial charge on any atom is 0.308 e. The van der Waals surface area contributed by atoms with Crippen LogP contribution in [0.1, 0.15) is 31.9 Å². The Morgan fingerprint density at radius 2 is 1.79 bits per heavy atom. The van der Waals surface area contributed by atoms with Gasteiger partial charge in [-0.1, -0.05) is 24.3 Å². The van der Waals surface area contributed by atoms with Crippen LogP contribution < -0.4 is 19.1 Å². The number of ether oxygens (including phenoxy) is 2. The van der Waals surface area contributed by atoms with Crippen molar-refractivity contribution in [3.8, 4) is 11.5 Å². The summed E-state index contributed by atoms with van der Waals surface area (Å²) in [5.41, 5.74) is 1.52. The summed E-state index contributed by atoms with van der Waals surface area (Å²) in [6.07, 6.45) is 0.552. The lowest BCUT2D eigenvalue weighted by molar-refractivity contribution is 0.354. The largest absolute Gasteiger partial charge is 0.493 e. The predicted molar refractivity (Wildman–Crippen MR) is 115 cm³/mol. The van der Waals surface area contributed by atoms with Crippen molar-refractivity contribution in [2.75, 3.05) is 14.2 Å². The molecule has 0 aliphatic heterocycles. The second kappa shape index (κ2) is 8.56. The highest BCUT2D eigenvalue weighted by molar-refractivity contribution is 7.89. The maximum absolute atomic E-state index is 13.0. The van der Waals surface area contributed by atoms with Crippen molar-refractivity contribution in [3.05, 3.63) is 51.6 Å². The van der Waals surface area contributed by atoms with Gasteiger partial charge in [0.05, 0.1) is 29.3 Å². The van der Waals surface area contributed by atoms with Crippen LogP contribution in [0.2, 0.25) is 0 Å². The fraction of sp³-hybridized carbons (Fsp3) is 0.350. The van der Waals surface area contributed by atoms with Gasteiger partial charge < -0.3 is 9.47 Å². The van der Waals surface area contributed by atoms with Gasteiger partial charge in [0.15, 0.2) is 11.5 Å². The quantitative estimate of drug-likeness (QED) is 0.584. The SMILES string of the molecule is CC[C@H](NS(=O)(=O)c1ccc2c(c1)sc(=O)n2CC)c1ccc(OC)c(OC)c1. The number of nitrogens with zero attached hydrogens (tertiary/aromatic N) is 1. The first-order valence-electron chi connectivity index (χ1n) is 9.22. The molecule has 0 bridgehead atoms. The number of aryl methyl sites for hydroxylation is 1. The van der Waals surface area contributed by atoms with E-state index in [1.807, 2.05) is 19.9 Å². The van der Waals surface area contributed by atoms with E-state index in [0.717, 1.165) is 22.4 Å². The van der Waals surface area contributed by atoms with Crippen molar-refractivity contribution < 1.29 is 17.9 Å². The van der Waals surface area contributed by atoms with Gasteiger partial charge in [-0.2, -0.15) is 0 Å². The van der Waals surface area contributed by atoms with E-state index >= 15 is 0 Å². The van der Waals surface area contributed by atoms with Crippen LogP contribution in [-0.4, -0.2) is 27.2 Å². The minimum Gasteiger partial charge on any atom is -0.493 e. The van der Waals surface area contributed by atoms with E-state index < -0.39 is 16.1 Å². The number of aromatic nitrogens is 1. The normalized spacial score (nSPS) is 12.8. The molecule has 1 N–H and O–H groups in total. The lowest BCUT2D eigenvalue weighted by Crippen LogP contribution is -2.28. The first-order valence-corrected chi connectivity index (χ1v) is 11.5. The number of sulfonamides is 1. The Bertz CT molecular complexity index is 1180. The second-order valence-electron chi connectivity index (χ2n) is 6.44. The lowest BCUT2D eigenvalue weighted by atomic mass is 10.1. The Labute approximate surface area is 173 Å². The van der Waals surface area contributed by atoms with Crippen LogP contribution >= 0.6 is 11.3 Å². The van der Waals surface area contributed by atoms with Crippen molar-refractivity contribution in [1.29, 1.82) is 0 Å². The van der Waals surface area contributed by atoms with Gasteiger partial charge in [0.2, 0.25) is 10.0 Å². The highest BCUT2D eigenvalue weighted by Crippen LogP contribution is 2.32.